The lowest BCUT2D eigenvalue weighted by molar-refractivity contribution is 0.302. The standard InChI is InChI=1S/C18H29N/c1-3-8-17(4-2)19-18-13-11-16(12-14-18)15-9-6-5-7-10-15/h5-7,9-10,16-19H,3-4,8,11-14H2,1-2H3. The van der Waals surface area contributed by atoms with Gasteiger partial charge in [-0.3, -0.25) is 0 Å². The Kier molecular flexibility index (Phi) is 5.91. The van der Waals surface area contributed by atoms with Gasteiger partial charge in [-0.2, -0.15) is 0 Å². The summed E-state index contributed by atoms with van der Waals surface area (Å²) in [5.74, 6) is 0.797. The van der Waals surface area contributed by atoms with Gasteiger partial charge in [-0.05, 0) is 50.0 Å². The van der Waals surface area contributed by atoms with Crippen LogP contribution in [0.25, 0.3) is 0 Å². The van der Waals surface area contributed by atoms with E-state index >= 15 is 0 Å². The molecule has 1 nitrogen and oxygen atoms in total. The molecule has 0 bridgehead atoms. The summed E-state index contributed by atoms with van der Waals surface area (Å²) < 4.78 is 0. The number of hydrogen-bond donors (Lipinski definition) is 1. The molecular formula is C18H29N. The maximum atomic E-state index is 3.88. The van der Waals surface area contributed by atoms with Crippen molar-refractivity contribution < 1.29 is 0 Å². The molecular weight excluding hydrogens is 230 g/mol. The van der Waals surface area contributed by atoms with E-state index in [1.54, 1.807) is 5.56 Å². The second-order valence-electron chi connectivity index (χ2n) is 6.02. The highest BCUT2D eigenvalue weighted by Crippen LogP contribution is 2.32. The lowest BCUT2D eigenvalue weighted by atomic mass is 9.81. The topological polar surface area (TPSA) is 12.0 Å². The SMILES string of the molecule is CCCC(CC)NC1CCC(c2ccccc2)CC1. The number of rotatable bonds is 6. The monoisotopic (exact) mass is 259 g/mol. The van der Waals surface area contributed by atoms with Crippen LogP contribution in [-0.4, -0.2) is 12.1 Å². The highest BCUT2D eigenvalue weighted by Gasteiger charge is 2.23. The Balaban J connectivity index is 1.79. The zero-order chi connectivity index (χ0) is 13.5. The largest absolute Gasteiger partial charge is 0.311 e. The molecule has 1 unspecified atom stereocenters. The van der Waals surface area contributed by atoms with E-state index in [-0.39, 0.29) is 0 Å². The molecule has 1 N–H and O–H groups in total. The van der Waals surface area contributed by atoms with Gasteiger partial charge in [0.1, 0.15) is 0 Å². The Morgan fingerprint density at radius 2 is 1.74 bits per heavy atom. The molecule has 1 saturated carbocycles. The fourth-order valence-corrected chi connectivity index (χ4v) is 3.41. The quantitative estimate of drug-likeness (QED) is 0.767. The predicted molar refractivity (Wildman–Crippen MR) is 83.6 cm³/mol. The molecule has 1 aromatic rings. The molecule has 1 heteroatoms. The lowest BCUT2D eigenvalue weighted by Crippen LogP contribution is -2.40. The van der Waals surface area contributed by atoms with Crippen molar-refractivity contribution in [1.29, 1.82) is 0 Å². The second-order valence-corrected chi connectivity index (χ2v) is 6.02. The Morgan fingerprint density at radius 1 is 1.05 bits per heavy atom. The Hall–Kier alpha value is -0.820. The fourth-order valence-electron chi connectivity index (χ4n) is 3.41. The molecule has 1 fully saturated rings. The molecule has 0 heterocycles. The van der Waals surface area contributed by atoms with Crippen molar-refractivity contribution in [3.8, 4) is 0 Å². The van der Waals surface area contributed by atoms with Crippen LogP contribution in [-0.2, 0) is 0 Å². The summed E-state index contributed by atoms with van der Waals surface area (Å²) in [4.78, 5) is 0. The normalized spacial score (nSPS) is 25.2. The third kappa shape index (κ3) is 4.35. The van der Waals surface area contributed by atoms with Crippen molar-refractivity contribution in [3.63, 3.8) is 0 Å². The van der Waals surface area contributed by atoms with Crippen LogP contribution in [0.15, 0.2) is 30.3 Å². The van der Waals surface area contributed by atoms with Crippen molar-refractivity contribution in [1.82, 2.24) is 5.32 Å². The van der Waals surface area contributed by atoms with Crippen LogP contribution in [0.2, 0.25) is 0 Å². The molecule has 19 heavy (non-hydrogen) atoms. The highest BCUT2D eigenvalue weighted by atomic mass is 14.9. The van der Waals surface area contributed by atoms with Gasteiger partial charge in [-0.1, -0.05) is 50.6 Å². The minimum Gasteiger partial charge on any atom is -0.311 e. The molecule has 106 valence electrons. The van der Waals surface area contributed by atoms with Crippen molar-refractivity contribution >= 4 is 0 Å². The van der Waals surface area contributed by atoms with Crippen LogP contribution in [0.3, 0.4) is 0 Å². The first-order chi connectivity index (χ1) is 9.33. The van der Waals surface area contributed by atoms with E-state index in [4.69, 9.17) is 0 Å². The van der Waals surface area contributed by atoms with Crippen LogP contribution in [0.5, 0.6) is 0 Å². The van der Waals surface area contributed by atoms with Gasteiger partial charge >= 0.3 is 0 Å². The van der Waals surface area contributed by atoms with Gasteiger partial charge in [0.15, 0.2) is 0 Å². The molecule has 0 radical (unpaired) electrons. The maximum absolute atomic E-state index is 3.88. The van der Waals surface area contributed by atoms with Crippen molar-refractivity contribution in [3.05, 3.63) is 35.9 Å². The zero-order valence-corrected chi connectivity index (χ0v) is 12.6. The molecule has 0 aromatic heterocycles. The smallest absolute Gasteiger partial charge is 0.00700 e. The molecule has 0 aliphatic heterocycles. The summed E-state index contributed by atoms with van der Waals surface area (Å²) in [6.45, 7) is 4.60. The lowest BCUT2D eigenvalue weighted by Gasteiger charge is -2.32. The van der Waals surface area contributed by atoms with E-state index in [1.807, 2.05) is 0 Å². The number of hydrogen-bond acceptors (Lipinski definition) is 1. The van der Waals surface area contributed by atoms with Crippen LogP contribution < -0.4 is 5.32 Å². The maximum Gasteiger partial charge on any atom is 0.00700 e. The Labute approximate surface area is 118 Å². The third-order valence-corrected chi connectivity index (χ3v) is 4.60. The van der Waals surface area contributed by atoms with Gasteiger partial charge in [0.2, 0.25) is 0 Å². The first kappa shape index (κ1) is 14.6. The van der Waals surface area contributed by atoms with E-state index < -0.39 is 0 Å². The van der Waals surface area contributed by atoms with Gasteiger partial charge in [-0.25, -0.2) is 0 Å². The van der Waals surface area contributed by atoms with Crippen molar-refractivity contribution in [2.24, 2.45) is 0 Å². The second kappa shape index (κ2) is 7.69. The molecule has 1 atom stereocenters. The van der Waals surface area contributed by atoms with Crippen molar-refractivity contribution in [2.75, 3.05) is 0 Å². The molecule has 0 amide bonds. The van der Waals surface area contributed by atoms with Crippen LogP contribution >= 0.6 is 0 Å². The number of nitrogens with one attached hydrogen (secondary N) is 1. The predicted octanol–water partition coefficient (Wildman–Crippen LogP) is 4.88. The van der Waals surface area contributed by atoms with Gasteiger partial charge in [0, 0.05) is 12.1 Å². The van der Waals surface area contributed by atoms with E-state index in [1.165, 1.54) is 44.9 Å². The minimum atomic E-state index is 0.739. The van der Waals surface area contributed by atoms with E-state index in [0.29, 0.717) is 0 Å². The summed E-state index contributed by atoms with van der Waals surface area (Å²) >= 11 is 0. The van der Waals surface area contributed by atoms with E-state index in [2.05, 4.69) is 49.5 Å². The molecule has 1 aliphatic rings. The molecule has 1 aliphatic carbocycles. The van der Waals surface area contributed by atoms with E-state index in [9.17, 15) is 0 Å². The molecule has 1 aromatic carbocycles. The average Bonchev–Trinajstić information content (AvgIpc) is 2.48. The van der Waals surface area contributed by atoms with Crippen molar-refractivity contribution in [2.45, 2.75) is 76.8 Å². The average molecular weight is 259 g/mol. The first-order valence-electron chi connectivity index (χ1n) is 8.14. The third-order valence-electron chi connectivity index (χ3n) is 4.60. The van der Waals surface area contributed by atoms with Crippen LogP contribution in [0.4, 0.5) is 0 Å². The van der Waals surface area contributed by atoms with E-state index in [0.717, 1.165) is 18.0 Å². The summed E-state index contributed by atoms with van der Waals surface area (Å²) in [7, 11) is 0. The number of benzene rings is 1. The minimum absolute atomic E-state index is 0.739. The molecule has 0 spiro atoms. The van der Waals surface area contributed by atoms with Gasteiger partial charge < -0.3 is 5.32 Å². The van der Waals surface area contributed by atoms with Crippen LogP contribution in [0, 0.1) is 0 Å². The van der Waals surface area contributed by atoms with Gasteiger partial charge in [-0.15, -0.1) is 0 Å². The van der Waals surface area contributed by atoms with Crippen LogP contribution in [0.1, 0.15) is 70.3 Å². The molecule has 0 saturated heterocycles. The zero-order valence-electron chi connectivity index (χ0n) is 12.6. The highest BCUT2D eigenvalue weighted by molar-refractivity contribution is 5.20. The fraction of sp³-hybridized carbons (Fsp3) is 0.667. The Bertz CT molecular complexity index is 338. The molecule has 2 rings (SSSR count). The summed E-state index contributed by atoms with van der Waals surface area (Å²) in [5, 5.41) is 3.88. The summed E-state index contributed by atoms with van der Waals surface area (Å²) in [5.41, 5.74) is 1.54. The first-order valence-corrected chi connectivity index (χ1v) is 8.14. The summed E-state index contributed by atoms with van der Waals surface area (Å²) in [6.07, 6.45) is 9.29. The summed E-state index contributed by atoms with van der Waals surface area (Å²) in [6, 6.07) is 12.6. The van der Waals surface area contributed by atoms with Gasteiger partial charge in [0.25, 0.3) is 0 Å². The Morgan fingerprint density at radius 3 is 2.32 bits per heavy atom. The van der Waals surface area contributed by atoms with Gasteiger partial charge in [0.05, 0.1) is 0 Å².